The summed E-state index contributed by atoms with van der Waals surface area (Å²) in [5, 5.41) is 1.14. The van der Waals surface area contributed by atoms with E-state index < -0.39 is 11.9 Å². The minimum absolute atomic E-state index is 0.247. The molecule has 7 rings (SSSR count). The number of benzene rings is 1. The second-order valence-electron chi connectivity index (χ2n) is 9.95. The van der Waals surface area contributed by atoms with Crippen molar-refractivity contribution in [3.05, 3.63) is 47.8 Å². The van der Waals surface area contributed by atoms with E-state index in [0.717, 1.165) is 30.1 Å². The summed E-state index contributed by atoms with van der Waals surface area (Å²) >= 11 is 0. The maximum atomic E-state index is 13.5. The number of morpholine rings is 1. The normalized spacial score (nSPS) is 17.5. The number of nitrogens with zero attached hydrogens (tertiary/aromatic N) is 5. The average molecular weight is 539 g/mol. The van der Waals surface area contributed by atoms with Gasteiger partial charge in [-0.15, -0.1) is 0 Å². The molecule has 0 spiro atoms. The highest BCUT2D eigenvalue weighted by Crippen LogP contribution is 2.38. The zero-order valence-electron chi connectivity index (χ0n) is 21.1. The first-order valence-electron chi connectivity index (χ1n) is 12.7. The molecule has 4 aromatic heterocycles. The molecule has 2 saturated heterocycles. The number of nitrogens with one attached hydrogen (secondary N) is 1. The number of aromatic amines is 1. The molecule has 2 fully saturated rings. The van der Waals surface area contributed by atoms with E-state index in [1.165, 1.54) is 0 Å². The second-order valence-corrected chi connectivity index (χ2v) is 9.95. The number of aromatic nitrogens is 4. The molecule has 0 atom stereocenters. The van der Waals surface area contributed by atoms with E-state index in [1.807, 2.05) is 6.07 Å². The molecule has 6 heterocycles. The maximum absolute atomic E-state index is 13.5. The minimum Gasteiger partial charge on any atom is -0.432 e. The quantitative estimate of drug-likeness (QED) is 0.347. The van der Waals surface area contributed by atoms with Gasteiger partial charge < -0.3 is 23.8 Å². The predicted molar refractivity (Wildman–Crippen MR) is 139 cm³/mol. The number of furan rings is 1. The molecule has 5 aromatic rings. The van der Waals surface area contributed by atoms with Crippen molar-refractivity contribution >= 4 is 38.9 Å². The smallest absolute Gasteiger partial charge is 0.431 e. The van der Waals surface area contributed by atoms with Gasteiger partial charge in [-0.1, -0.05) is 12.1 Å². The van der Waals surface area contributed by atoms with Crippen molar-refractivity contribution in [3.8, 4) is 11.4 Å². The Morgan fingerprint density at radius 1 is 1.10 bits per heavy atom. The van der Waals surface area contributed by atoms with E-state index in [0.29, 0.717) is 77.8 Å². The number of hydrogen-bond acceptors (Lipinski definition) is 8. The monoisotopic (exact) mass is 538 g/mol. The van der Waals surface area contributed by atoms with Crippen molar-refractivity contribution in [2.45, 2.75) is 18.8 Å². The van der Waals surface area contributed by atoms with Crippen LogP contribution in [0.3, 0.4) is 0 Å². The minimum atomic E-state index is -4.50. The van der Waals surface area contributed by atoms with Crippen molar-refractivity contribution in [1.82, 2.24) is 24.8 Å². The Hall–Kier alpha value is -3.74. The van der Waals surface area contributed by atoms with Crippen LogP contribution < -0.4 is 4.90 Å². The first-order valence-corrected chi connectivity index (χ1v) is 12.7. The van der Waals surface area contributed by atoms with E-state index in [-0.39, 0.29) is 6.10 Å². The van der Waals surface area contributed by atoms with Crippen molar-refractivity contribution in [2.24, 2.45) is 0 Å². The second kappa shape index (κ2) is 9.18. The lowest BCUT2D eigenvalue weighted by Gasteiger charge is -2.38. The molecular formula is C27H25F3N6O3. The van der Waals surface area contributed by atoms with Crippen LogP contribution in [0.15, 0.2) is 40.9 Å². The third-order valence-corrected chi connectivity index (χ3v) is 7.39. The third kappa shape index (κ3) is 4.28. The number of likely N-dealkylation sites (tertiary alicyclic amines) is 1. The van der Waals surface area contributed by atoms with Gasteiger partial charge in [0.05, 0.1) is 24.7 Å². The average Bonchev–Trinajstić information content (AvgIpc) is 3.52. The van der Waals surface area contributed by atoms with Gasteiger partial charge in [-0.25, -0.2) is 15.0 Å². The number of ether oxygens (including phenoxy) is 2. The maximum Gasteiger partial charge on any atom is 0.431 e. The van der Waals surface area contributed by atoms with Crippen LogP contribution in [0, 0.1) is 0 Å². The van der Waals surface area contributed by atoms with Crippen LogP contribution in [-0.2, 0) is 22.2 Å². The number of pyridine rings is 1. The van der Waals surface area contributed by atoms with Gasteiger partial charge in [-0.3, -0.25) is 4.90 Å². The molecule has 0 radical (unpaired) electrons. The zero-order valence-corrected chi connectivity index (χ0v) is 21.1. The molecule has 0 bridgehead atoms. The number of hydrogen-bond donors (Lipinski definition) is 1. The summed E-state index contributed by atoms with van der Waals surface area (Å²) in [7, 11) is 1.72. The Balaban J connectivity index is 1.39. The molecule has 39 heavy (non-hydrogen) atoms. The van der Waals surface area contributed by atoms with Gasteiger partial charge in [0.15, 0.2) is 17.2 Å². The van der Waals surface area contributed by atoms with E-state index in [2.05, 4.69) is 19.8 Å². The van der Waals surface area contributed by atoms with Crippen LogP contribution in [-0.4, -0.2) is 77.4 Å². The standard InChI is InChI=1S/C27H25F3N6O3/c1-37-16-13-35(14-16)12-15-9-19-22-23(39-26(19)31-11-15)25(36-5-7-38-8-6-36)34-24(33-22)17-3-2-4-20-18(17)10-21(32-20)27(28,29)30/h2-4,9-11,16,32H,5-8,12-14H2,1H3. The number of alkyl halides is 3. The zero-order chi connectivity index (χ0) is 26.7. The summed E-state index contributed by atoms with van der Waals surface area (Å²) < 4.78 is 57.6. The van der Waals surface area contributed by atoms with Gasteiger partial charge in [0, 0.05) is 62.5 Å². The topological polar surface area (TPSA) is 92.5 Å². The Kier molecular flexibility index (Phi) is 5.72. The summed E-state index contributed by atoms with van der Waals surface area (Å²) in [5.41, 5.74) is 2.57. The highest BCUT2D eigenvalue weighted by molar-refractivity contribution is 6.06. The molecule has 2 aliphatic heterocycles. The van der Waals surface area contributed by atoms with Crippen LogP contribution in [0.5, 0.6) is 0 Å². The predicted octanol–water partition coefficient (Wildman–Crippen LogP) is 4.61. The van der Waals surface area contributed by atoms with E-state index in [9.17, 15) is 13.2 Å². The molecule has 0 unspecified atom stereocenters. The summed E-state index contributed by atoms with van der Waals surface area (Å²) in [6.07, 6.45) is -2.45. The molecule has 0 saturated carbocycles. The van der Waals surface area contributed by atoms with E-state index >= 15 is 0 Å². The number of methoxy groups -OCH3 is 1. The van der Waals surface area contributed by atoms with Crippen molar-refractivity contribution in [3.63, 3.8) is 0 Å². The first kappa shape index (κ1) is 24.3. The van der Waals surface area contributed by atoms with E-state index in [4.69, 9.17) is 23.9 Å². The van der Waals surface area contributed by atoms with Gasteiger partial charge in [0.1, 0.15) is 11.2 Å². The molecular weight excluding hydrogens is 513 g/mol. The van der Waals surface area contributed by atoms with Crippen LogP contribution in [0.1, 0.15) is 11.3 Å². The molecule has 0 aliphatic carbocycles. The Morgan fingerprint density at radius 3 is 2.69 bits per heavy atom. The lowest BCUT2D eigenvalue weighted by atomic mass is 10.1. The molecule has 202 valence electrons. The van der Waals surface area contributed by atoms with Crippen molar-refractivity contribution < 1.29 is 27.1 Å². The van der Waals surface area contributed by atoms with Gasteiger partial charge in [-0.2, -0.15) is 13.2 Å². The highest BCUT2D eigenvalue weighted by Gasteiger charge is 2.33. The Bertz CT molecular complexity index is 1690. The Labute approximate surface area is 220 Å². The number of rotatable bonds is 5. The first-order chi connectivity index (χ1) is 18.9. The van der Waals surface area contributed by atoms with Crippen LogP contribution in [0.2, 0.25) is 0 Å². The van der Waals surface area contributed by atoms with Gasteiger partial charge in [0.2, 0.25) is 5.71 Å². The van der Waals surface area contributed by atoms with Gasteiger partial charge in [-0.05, 0) is 23.8 Å². The molecule has 2 aliphatic rings. The largest absolute Gasteiger partial charge is 0.432 e. The summed E-state index contributed by atoms with van der Waals surface area (Å²) in [6, 6.07) is 8.18. The fourth-order valence-electron chi connectivity index (χ4n) is 5.32. The third-order valence-electron chi connectivity index (χ3n) is 7.39. The number of anilines is 1. The van der Waals surface area contributed by atoms with Gasteiger partial charge >= 0.3 is 6.18 Å². The van der Waals surface area contributed by atoms with Gasteiger partial charge in [0.25, 0.3) is 0 Å². The number of fused-ring (bicyclic) bond motifs is 4. The van der Waals surface area contributed by atoms with Crippen molar-refractivity contribution in [2.75, 3.05) is 51.4 Å². The van der Waals surface area contributed by atoms with Crippen LogP contribution in [0.4, 0.5) is 19.0 Å². The molecule has 1 aromatic carbocycles. The lowest BCUT2D eigenvalue weighted by molar-refractivity contribution is -0.140. The Morgan fingerprint density at radius 2 is 1.92 bits per heavy atom. The summed E-state index contributed by atoms with van der Waals surface area (Å²) in [6.45, 7) is 4.69. The number of halogens is 3. The van der Waals surface area contributed by atoms with Crippen LogP contribution in [0.25, 0.3) is 44.5 Å². The molecule has 9 nitrogen and oxygen atoms in total. The molecule has 12 heteroatoms. The van der Waals surface area contributed by atoms with E-state index in [1.54, 1.807) is 31.5 Å². The van der Waals surface area contributed by atoms with Crippen LogP contribution >= 0.6 is 0 Å². The fraction of sp³-hybridized carbons (Fsp3) is 0.370. The summed E-state index contributed by atoms with van der Waals surface area (Å²) in [5.74, 6) is 0.896. The number of H-pyrrole nitrogens is 1. The highest BCUT2D eigenvalue weighted by atomic mass is 19.4. The summed E-state index contributed by atoms with van der Waals surface area (Å²) in [4.78, 5) is 21.1. The molecule has 1 N–H and O–H groups in total. The molecule has 0 amide bonds. The lowest BCUT2D eigenvalue weighted by Crippen LogP contribution is -2.50. The van der Waals surface area contributed by atoms with Crippen molar-refractivity contribution in [1.29, 1.82) is 0 Å². The SMILES string of the molecule is COC1CN(Cc2cnc3oc4c(N5CCOCC5)nc(-c5cccc6[nH]c(C(F)(F)F)cc56)nc4c3c2)C1. The fourth-order valence-corrected chi connectivity index (χ4v) is 5.32.